The number of amides is 2. The first-order valence-corrected chi connectivity index (χ1v) is 5.94. The van der Waals surface area contributed by atoms with Crippen LogP contribution in [0.5, 0.6) is 0 Å². The predicted molar refractivity (Wildman–Crippen MR) is 78.0 cm³/mol. The first-order valence-electron chi connectivity index (χ1n) is 5.94. The third kappa shape index (κ3) is 5.65. The maximum atomic E-state index is 12.9. The monoisotopic (exact) mass is 321 g/mol. The molecule has 0 atom stereocenters. The zero-order valence-corrected chi connectivity index (χ0v) is 12.5. The topological polar surface area (TPSA) is 75.4 Å². The molecule has 0 aliphatic heterocycles. The van der Waals surface area contributed by atoms with E-state index in [0.717, 1.165) is 0 Å². The van der Waals surface area contributed by atoms with Crippen molar-refractivity contribution in [3.8, 4) is 0 Å². The molecule has 0 aromatic heterocycles. The molecule has 2 amide bonds. The lowest BCUT2D eigenvalue weighted by atomic mass is 10.1. The summed E-state index contributed by atoms with van der Waals surface area (Å²) in [5.74, 6) is -4.09. The number of halogens is 3. The Kier molecular flexibility index (Phi) is 7.25. The van der Waals surface area contributed by atoms with Crippen LogP contribution in [0, 0.1) is 0 Å². The number of benzene rings is 1. The molecule has 1 rings (SSSR count). The fraction of sp³-hybridized carbons (Fsp3) is 0.385. The van der Waals surface area contributed by atoms with Crippen molar-refractivity contribution in [3.63, 3.8) is 0 Å². The normalized spacial score (nSPS) is 10.5. The molecule has 0 radical (unpaired) electrons. The molecule has 0 aliphatic rings. The summed E-state index contributed by atoms with van der Waals surface area (Å²) in [6.45, 7) is -1.68. The van der Waals surface area contributed by atoms with Crippen molar-refractivity contribution in [1.82, 2.24) is 10.2 Å². The van der Waals surface area contributed by atoms with E-state index >= 15 is 0 Å². The van der Waals surface area contributed by atoms with Gasteiger partial charge in [-0.1, -0.05) is 6.07 Å². The molecule has 0 bridgehead atoms. The number of nitrogens with two attached hydrogens (primary N) is 1. The molecule has 3 N–H and O–H groups in total. The minimum absolute atomic E-state index is 0. The van der Waals surface area contributed by atoms with E-state index in [9.17, 15) is 18.4 Å². The molecule has 0 aliphatic carbocycles. The van der Waals surface area contributed by atoms with Gasteiger partial charge in [-0.2, -0.15) is 0 Å². The molecule has 1 aromatic carbocycles. The molecule has 0 spiro atoms. The number of rotatable bonds is 5. The van der Waals surface area contributed by atoms with E-state index in [1.165, 1.54) is 23.1 Å². The minimum atomic E-state index is -3.15. The molecule has 5 nitrogen and oxygen atoms in total. The van der Waals surface area contributed by atoms with Gasteiger partial charge in [0.1, 0.15) is 0 Å². The van der Waals surface area contributed by atoms with Gasteiger partial charge in [-0.3, -0.25) is 9.59 Å². The summed E-state index contributed by atoms with van der Waals surface area (Å²) in [4.78, 5) is 24.8. The molecule has 0 saturated carbocycles. The van der Waals surface area contributed by atoms with Crippen LogP contribution < -0.4 is 11.1 Å². The highest BCUT2D eigenvalue weighted by Crippen LogP contribution is 2.11. The number of hydrogen-bond acceptors (Lipinski definition) is 3. The van der Waals surface area contributed by atoms with Crippen molar-refractivity contribution in [1.29, 1.82) is 0 Å². The SMILES string of the molecule is CN(C)C(=O)c1cccc(C(=O)NCC(F)(F)CN)c1.Cl. The largest absolute Gasteiger partial charge is 0.346 e. The van der Waals surface area contributed by atoms with Crippen LogP contribution in [0.15, 0.2) is 24.3 Å². The molecule has 21 heavy (non-hydrogen) atoms. The number of nitrogens with one attached hydrogen (secondary N) is 1. The van der Waals surface area contributed by atoms with Crippen molar-refractivity contribution in [3.05, 3.63) is 35.4 Å². The summed E-state index contributed by atoms with van der Waals surface area (Å²) in [5.41, 5.74) is 5.33. The highest BCUT2D eigenvalue weighted by Gasteiger charge is 2.27. The Hall–Kier alpha value is -1.73. The third-order valence-electron chi connectivity index (χ3n) is 2.58. The van der Waals surface area contributed by atoms with Gasteiger partial charge in [-0.25, -0.2) is 8.78 Å². The van der Waals surface area contributed by atoms with Gasteiger partial charge in [-0.15, -0.1) is 12.4 Å². The summed E-state index contributed by atoms with van der Waals surface area (Å²) >= 11 is 0. The Balaban J connectivity index is 0.00000400. The van der Waals surface area contributed by atoms with Gasteiger partial charge in [0.05, 0.1) is 13.1 Å². The van der Waals surface area contributed by atoms with Crippen LogP contribution in [-0.4, -0.2) is 49.8 Å². The number of hydrogen-bond donors (Lipinski definition) is 2. The van der Waals surface area contributed by atoms with Crippen LogP contribution >= 0.6 is 12.4 Å². The van der Waals surface area contributed by atoms with Crippen LogP contribution in [0.25, 0.3) is 0 Å². The molecule has 118 valence electrons. The molecule has 8 heteroatoms. The van der Waals surface area contributed by atoms with E-state index in [4.69, 9.17) is 5.73 Å². The Morgan fingerprint density at radius 3 is 2.38 bits per heavy atom. The fourth-order valence-electron chi connectivity index (χ4n) is 1.44. The van der Waals surface area contributed by atoms with E-state index in [2.05, 4.69) is 5.32 Å². The zero-order valence-electron chi connectivity index (χ0n) is 11.7. The lowest BCUT2D eigenvalue weighted by molar-refractivity contribution is 0.0118. The number of alkyl halides is 2. The van der Waals surface area contributed by atoms with Gasteiger partial charge in [0, 0.05) is 25.2 Å². The first-order chi connectivity index (χ1) is 9.26. The van der Waals surface area contributed by atoms with Gasteiger partial charge < -0.3 is 16.0 Å². The van der Waals surface area contributed by atoms with Crippen molar-refractivity contribution in [2.45, 2.75) is 5.92 Å². The Morgan fingerprint density at radius 1 is 1.29 bits per heavy atom. The van der Waals surface area contributed by atoms with E-state index in [1.807, 2.05) is 0 Å². The van der Waals surface area contributed by atoms with Crippen LogP contribution in [0.1, 0.15) is 20.7 Å². The molecular weight excluding hydrogens is 304 g/mol. The summed E-state index contributed by atoms with van der Waals surface area (Å²) < 4.78 is 25.9. The van der Waals surface area contributed by atoms with E-state index in [0.29, 0.717) is 5.56 Å². The molecular formula is C13H18ClF2N3O2. The highest BCUT2D eigenvalue weighted by atomic mass is 35.5. The average Bonchev–Trinajstić information content (AvgIpc) is 2.44. The van der Waals surface area contributed by atoms with Crippen LogP contribution in [-0.2, 0) is 0 Å². The summed E-state index contributed by atoms with van der Waals surface area (Å²) in [5, 5.41) is 2.09. The third-order valence-corrected chi connectivity index (χ3v) is 2.58. The first kappa shape index (κ1) is 19.3. The summed E-state index contributed by atoms with van der Waals surface area (Å²) in [6, 6.07) is 5.88. The lowest BCUT2D eigenvalue weighted by Crippen LogP contribution is -2.41. The second-order valence-electron chi connectivity index (χ2n) is 4.52. The summed E-state index contributed by atoms with van der Waals surface area (Å²) in [7, 11) is 3.16. The van der Waals surface area contributed by atoms with Gasteiger partial charge in [-0.05, 0) is 18.2 Å². The fourth-order valence-corrected chi connectivity index (χ4v) is 1.44. The van der Waals surface area contributed by atoms with Crippen LogP contribution in [0.4, 0.5) is 8.78 Å². The lowest BCUT2D eigenvalue weighted by Gasteiger charge is -2.15. The molecule has 0 saturated heterocycles. The Labute approximate surface area is 127 Å². The Bertz CT molecular complexity index is 510. The molecule has 1 aromatic rings. The van der Waals surface area contributed by atoms with Crippen molar-refractivity contribution in [2.75, 3.05) is 27.2 Å². The van der Waals surface area contributed by atoms with E-state index < -0.39 is 24.9 Å². The van der Waals surface area contributed by atoms with Crippen LogP contribution in [0.3, 0.4) is 0 Å². The quantitative estimate of drug-likeness (QED) is 0.854. The van der Waals surface area contributed by atoms with Gasteiger partial charge in [0.25, 0.3) is 17.7 Å². The molecule has 0 fully saturated rings. The number of carbonyl (C=O) groups is 2. The van der Waals surface area contributed by atoms with Crippen molar-refractivity contribution >= 4 is 24.2 Å². The zero-order chi connectivity index (χ0) is 15.3. The Morgan fingerprint density at radius 2 is 1.86 bits per heavy atom. The van der Waals surface area contributed by atoms with Crippen molar-refractivity contribution in [2.24, 2.45) is 5.73 Å². The van der Waals surface area contributed by atoms with Gasteiger partial charge >= 0.3 is 0 Å². The van der Waals surface area contributed by atoms with Crippen molar-refractivity contribution < 1.29 is 18.4 Å². The van der Waals surface area contributed by atoms with Gasteiger partial charge in [0.15, 0.2) is 0 Å². The maximum absolute atomic E-state index is 12.9. The second-order valence-corrected chi connectivity index (χ2v) is 4.52. The number of nitrogens with zero attached hydrogens (tertiary/aromatic N) is 1. The predicted octanol–water partition coefficient (Wildman–Crippen LogP) is 1.13. The molecule has 0 unspecified atom stereocenters. The number of carbonyl (C=O) groups excluding carboxylic acids is 2. The second kappa shape index (κ2) is 7.90. The van der Waals surface area contributed by atoms with Crippen LogP contribution in [0.2, 0.25) is 0 Å². The highest BCUT2D eigenvalue weighted by molar-refractivity contribution is 5.99. The standard InChI is InChI=1S/C13H17F2N3O2.ClH/c1-18(2)12(20)10-5-3-4-9(6-10)11(19)17-8-13(14,15)7-16;/h3-6H,7-8,16H2,1-2H3,(H,17,19);1H. The van der Waals surface area contributed by atoms with E-state index in [1.54, 1.807) is 20.2 Å². The minimum Gasteiger partial charge on any atom is -0.346 e. The average molecular weight is 322 g/mol. The van der Waals surface area contributed by atoms with Gasteiger partial charge in [0.2, 0.25) is 0 Å². The summed E-state index contributed by atoms with van der Waals surface area (Å²) in [6.07, 6.45) is 0. The smallest absolute Gasteiger partial charge is 0.277 e. The van der Waals surface area contributed by atoms with E-state index in [-0.39, 0.29) is 23.9 Å². The maximum Gasteiger partial charge on any atom is 0.277 e. The molecule has 0 heterocycles.